The largest absolute Gasteiger partial charge is 0.476 e. The molecule has 1 heterocycles. The van der Waals surface area contributed by atoms with Gasteiger partial charge in [-0.25, -0.2) is 14.3 Å². The van der Waals surface area contributed by atoms with Crippen molar-refractivity contribution in [1.29, 1.82) is 0 Å². The molecule has 1 aromatic heterocycles. The Kier molecular flexibility index (Phi) is 5.52. The molecule has 0 aromatic carbocycles. The van der Waals surface area contributed by atoms with Crippen LogP contribution in [0.25, 0.3) is 0 Å². The highest BCUT2D eigenvalue weighted by molar-refractivity contribution is 5.84. The number of hydrogen-bond donors (Lipinski definition) is 2. The van der Waals surface area contributed by atoms with Gasteiger partial charge in [-0.2, -0.15) is 0 Å². The van der Waals surface area contributed by atoms with E-state index < -0.39 is 5.97 Å². The molecule has 0 aliphatic rings. The molecule has 0 fully saturated rings. The average Bonchev–Trinajstić information content (AvgIpc) is 2.84. The second kappa shape index (κ2) is 7.14. The van der Waals surface area contributed by atoms with Crippen LogP contribution in [-0.2, 0) is 6.54 Å². The fourth-order valence-corrected chi connectivity index (χ4v) is 1.41. The summed E-state index contributed by atoms with van der Waals surface area (Å²) in [5, 5.41) is 18.5. The van der Waals surface area contributed by atoms with Gasteiger partial charge in [0.05, 0.1) is 12.7 Å². The van der Waals surface area contributed by atoms with Crippen LogP contribution in [-0.4, -0.2) is 56.6 Å². The first-order chi connectivity index (χ1) is 9.08. The smallest absolute Gasteiger partial charge is 0.358 e. The zero-order chi connectivity index (χ0) is 14.3. The molecule has 0 saturated heterocycles. The van der Waals surface area contributed by atoms with Crippen molar-refractivity contribution in [3.8, 4) is 0 Å². The van der Waals surface area contributed by atoms with Crippen LogP contribution in [0.3, 0.4) is 0 Å². The number of hydrogen-bond acceptors (Lipinski definition) is 4. The molecule has 104 valence electrons. The van der Waals surface area contributed by atoms with Crippen molar-refractivity contribution in [3.63, 3.8) is 0 Å². The SMILES string of the molecule is C=CCN(CC)C(=O)NCCn1cc(C(=O)O)nn1. The van der Waals surface area contributed by atoms with Crippen molar-refractivity contribution >= 4 is 12.0 Å². The van der Waals surface area contributed by atoms with E-state index in [2.05, 4.69) is 22.2 Å². The van der Waals surface area contributed by atoms with Gasteiger partial charge >= 0.3 is 12.0 Å². The topological polar surface area (TPSA) is 100 Å². The minimum Gasteiger partial charge on any atom is -0.476 e. The minimum absolute atomic E-state index is 0.117. The van der Waals surface area contributed by atoms with Crippen molar-refractivity contribution in [1.82, 2.24) is 25.2 Å². The predicted molar refractivity (Wildman–Crippen MR) is 67.8 cm³/mol. The molecule has 0 aliphatic carbocycles. The van der Waals surface area contributed by atoms with E-state index in [9.17, 15) is 9.59 Å². The summed E-state index contributed by atoms with van der Waals surface area (Å²) in [7, 11) is 0. The monoisotopic (exact) mass is 267 g/mol. The van der Waals surface area contributed by atoms with E-state index in [1.54, 1.807) is 11.0 Å². The first-order valence-electron chi connectivity index (χ1n) is 5.85. The first-order valence-corrected chi connectivity index (χ1v) is 5.85. The van der Waals surface area contributed by atoms with Crippen molar-refractivity contribution in [2.24, 2.45) is 0 Å². The normalized spacial score (nSPS) is 9.95. The number of carboxylic acid groups (broad SMARTS) is 1. The van der Waals surface area contributed by atoms with E-state index in [1.807, 2.05) is 6.92 Å². The van der Waals surface area contributed by atoms with Crippen molar-refractivity contribution in [2.75, 3.05) is 19.6 Å². The number of urea groups is 1. The van der Waals surface area contributed by atoms with Gasteiger partial charge in [0.2, 0.25) is 0 Å². The molecular weight excluding hydrogens is 250 g/mol. The molecule has 0 radical (unpaired) electrons. The van der Waals surface area contributed by atoms with E-state index in [0.717, 1.165) is 0 Å². The van der Waals surface area contributed by atoms with Crippen LogP contribution in [0.5, 0.6) is 0 Å². The average molecular weight is 267 g/mol. The fourth-order valence-electron chi connectivity index (χ4n) is 1.41. The Hall–Kier alpha value is -2.38. The highest BCUT2D eigenvalue weighted by Crippen LogP contribution is 1.93. The maximum Gasteiger partial charge on any atom is 0.358 e. The van der Waals surface area contributed by atoms with E-state index in [-0.39, 0.29) is 11.7 Å². The number of amides is 2. The van der Waals surface area contributed by atoms with Gasteiger partial charge in [-0.3, -0.25) is 0 Å². The number of carbonyl (C=O) groups excluding carboxylic acids is 1. The molecule has 8 nitrogen and oxygen atoms in total. The highest BCUT2D eigenvalue weighted by Gasteiger charge is 2.10. The Balaban J connectivity index is 2.38. The highest BCUT2D eigenvalue weighted by atomic mass is 16.4. The molecule has 2 N–H and O–H groups in total. The van der Waals surface area contributed by atoms with Crippen LogP contribution in [0.4, 0.5) is 4.79 Å². The van der Waals surface area contributed by atoms with Gasteiger partial charge in [0.1, 0.15) is 0 Å². The summed E-state index contributed by atoms with van der Waals surface area (Å²) in [5.74, 6) is -1.13. The maximum atomic E-state index is 11.7. The van der Waals surface area contributed by atoms with Gasteiger partial charge in [0.25, 0.3) is 0 Å². The third-order valence-corrected chi connectivity index (χ3v) is 2.39. The Labute approximate surface area is 110 Å². The van der Waals surface area contributed by atoms with Crippen LogP contribution in [0, 0.1) is 0 Å². The van der Waals surface area contributed by atoms with E-state index in [4.69, 9.17) is 5.11 Å². The van der Waals surface area contributed by atoms with Gasteiger partial charge in [0, 0.05) is 19.6 Å². The second-order valence-electron chi connectivity index (χ2n) is 3.73. The number of carboxylic acids is 1. The van der Waals surface area contributed by atoms with Crippen molar-refractivity contribution in [3.05, 3.63) is 24.5 Å². The van der Waals surface area contributed by atoms with Crippen LogP contribution in [0.15, 0.2) is 18.9 Å². The molecule has 0 spiro atoms. The van der Waals surface area contributed by atoms with Gasteiger partial charge in [0.15, 0.2) is 5.69 Å². The van der Waals surface area contributed by atoms with Crippen molar-refractivity contribution < 1.29 is 14.7 Å². The van der Waals surface area contributed by atoms with Gasteiger partial charge in [-0.05, 0) is 6.92 Å². The zero-order valence-electron chi connectivity index (χ0n) is 10.7. The maximum absolute atomic E-state index is 11.7. The first kappa shape index (κ1) is 14.7. The van der Waals surface area contributed by atoms with Crippen LogP contribution < -0.4 is 5.32 Å². The molecule has 0 unspecified atom stereocenters. The number of carbonyl (C=O) groups is 2. The zero-order valence-corrected chi connectivity index (χ0v) is 10.7. The number of nitrogens with zero attached hydrogens (tertiary/aromatic N) is 4. The number of rotatable bonds is 7. The summed E-state index contributed by atoms with van der Waals surface area (Å²) in [5.41, 5.74) is -0.117. The lowest BCUT2D eigenvalue weighted by Crippen LogP contribution is -2.41. The fraction of sp³-hybridized carbons (Fsp3) is 0.455. The van der Waals surface area contributed by atoms with E-state index in [0.29, 0.717) is 26.2 Å². The molecule has 8 heteroatoms. The quantitative estimate of drug-likeness (QED) is 0.687. The van der Waals surface area contributed by atoms with Crippen LogP contribution in [0.2, 0.25) is 0 Å². The number of aromatic nitrogens is 3. The molecule has 19 heavy (non-hydrogen) atoms. The van der Waals surface area contributed by atoms with Crippen LogP contribution in [0.1, 0.15) is 17.4 Å². The molecule has 1 rings (SSSR count). The Morgan fingerprint density at radius 1 is 1.63 bits per heavy atom. The molecule has 0 bridgehead atoms. The summed E-state index contributed by atoms with van der Waals surface area (Å²) in [6.45, 7) is 7.22. The summed E-state index contributed by atoms with van der Waals surface area (Å²) < 4.78 is 1.37. The van der Waals surface area contributed by atoms with Gasteiger partial charge in [-0.15, -0.1) is 11.7 Å². The molecule has 0 atom stereocenters. The summed E-state index contributed by atoms with van der Waals surface area (Å²) in [6, 6.07) is -0.194. The standard InChI is InChI=1S/C11H17N5O3/c1-3-6-15(4-2)11(19)12-5-7-16-8-9(10(17)18)13-14-16/h3,8H,1,4-7H2,2H3,(H,12,19)(H,17,18). The second-order valence-corrected chi connectivity index (χ2v) is 3.73. The number of aromatic carboxylic acids is 1. The number of nitrogens with one attached hydrogen (secondary N) is 1. The lowest BCUT2D eigenvalue weighted by Gasteiger charge is -2.19. The minimum atomic E-state index is -1.13. The lowest BCUT2D eigenvalue weighted by atomic mass is 10.5. The van der Waals surface area contributed by atoms with Crippen LogP contribution >= 0.6 is 0 Å². The van der Waals surface area contributed by atoms with Crippen molar-refractivity contribution in [2.45, 2.75) is 13.5 Å². The third-order valence-electron chi connectivity index (χ3n) is 2.39. The predicted octanol–water partition coefficient (Wildman–Crippen LogP) is 0.194. The Bertz CT molecular complexity index is 457. The lowest BCUT2D eigenvalue weighted by molar-refractivity contribution is 0.0690. The molecule has 2 amide bonds. The molecule has 0 saturated carbocycles. The summed E-state index contributed by atoms with van der Waals surface area (Å²) >= 11 is 0. The molecule has 1 aromatic rings. The summed E-state index contributed by atoms with van der Waals surface area (Å²) in [4.78, 5) is 23.9. The van der Waals surface area contributed by atoms with E-state index >= 15 is 0 Å². The summed E-state index contributed by atoms with van der Waals surface area (Å²) in [6.07, 6.45) is 2.97. The Morgan fingerprint density at radius 2 is 2.37 bits per heavy atom. The van der Waals surface area contributed by atoms with Gasteiger partial charge in [-0.1, -0.05) is 11.3 Å². The van der Waals surface area contributed by atoms with E-state index in [1.165, 1.54) is 10.9 Å². The molecule has 0 aliphatic heterocycles. The Morgan fingerprint density at radius 3 is 2.89 bits per heavy atom. The van der Waals surface area contributed by atoms with Gasteiger partial charge < -0.3 is 15.3 Å². The number of likely N-dealkylation sites (N-methyl/N-ethyl adjacent to an activating group) is 1. The third kappa shape index (κ3) is 4.41. The molecular formula is C11H17N5O3.